The Balaban J connectivity index is 1.50. The number of hydrogen-bond donors (Lipinski definition) is 1. The summed E-state index contributed by atoms with van der Waals surface area (Å²) >= 11 is 2.85. The molecule has 0 unspecified atom stereocenters. The van der Waals surface area contributed by atoms with Crippen LogP contribution in [-0.2, 0) is 0 Å². The molecule has 5 rings (SSSR count). The van der Waals surface area contributed by atoms with E-state index in [1.165, 1.54) is 23.5 Å². The Hall–Kier alpha value is -2.28. The average molecular weight is 378 g/mol. The van der Waals surface area contributed by atoms with Gasteiger partial charge in [0.05, 0.1) is 15.5 Å². The lowest BCUT2D eigenvalue weighted by Gasteiger charge is -2.27. The van der Waals surface area contributed by atoms with E-state index in [1.807, 2.05) is 42.3 Å². The maximum absolute atomic E-state index is 12.9. The van der Waals surface area contributed by atoms with E-state index in [0.717, 1.165) is 11.4 Å². The quantitative estimate of drug-likeness (QED) is 0.797. The van der Waals surface area contributed by atoms with E-state index >= 15 is 0 Å². The van der Waals surface area contributed by atoms with Crippen molar-refractivity contribution in [2.75, 3.05) is 5.01 Å². The van der Waals surface area contributed by atoms with E-state index in [2.05, 4.69) is 11.5 Å². The second-order valence-corrected chi connectivity index (χ2v) is 9.07. The number of nitrogens with zero attached hydrogens (tertiary/aromatic N) is 1. The molecule has 1 aliphatic carbocycles. The van der Waals surface area contributed by atoms with E-state index in [4.69, 9.17) is 0 Å². The normalized spacial score (nSPS) is 20.5. The molecular weight excluding hydrogens is 364 g/mol. The highest BCUT2D eigenvalue weighted by Gasteiger charge is 2.50. The fourth-order valence-electron chi connectivity index (χ4n) is 3.41. The maximum Gasteiger partial charge on any atom is 0.201 e. The number of allylic oxidation sites excluding steroid dienone is 3. The van der Waals surface area contributed by atoms with Crippen LogP contribution in [0.2, 0.25) is 0 Å². The summed E-state index contributed by atoms with van der Waals surface area (Å²) in [6.45, 7) is 2.02. The number of carbonyl (C=O) groups is 2. The predicted octanol–water partition coefficient (Wildman–Crippen LogP) is 4.34. The molecule has 0 bridgehead atoms. The number of para-hydroxylation sites is 1. The van der Waals surface area contributed by atoms with Crippen LogP contribution in [0.25, 0.3) is 0 Å². The van der Waals surface area contributed by atoms with E-state index < -0.39 is 4.20 Å². The molecule has 3 aliphatic rings. The van der Waals surface area contributed by atoms with Crippen LogP contribution in [0.5, 0.6) is 0 Å². The second kappa shape index (κ2) is 5.61. The highest BCUT2D eigenvalue weighted by molar-refractivity contribution is 8.25. The van der Waals surface area contributed by atoms with Crippen LogP contribution in [0, 0.1) is 0 Å². The van der Waals surface area contributed by atoms with Crippen molar-refractivity contribution < 1.29 is 9.59 Å². The van der Waals surface area contributed by atoms with Gasteiger partial charge in [0, 0.05) is 16.8 Å². The van der Waals surface area contributed by atoms with Crippen LogP contribution < -0.4 is 10.4 Å². The Morgan fingerprint density at radius 1 is 0.846 bits per heavy atom. The van der Waals surface area contributed by atoms with E-state index in [-0.39, 0.29) is 11.6 Å². The molecule has 4 nitrogen and oxygen atoms in total. The summed E-state index contributed by atoms with van der Waals surface area (Å²) in [5, 5.41) is 2.00. The van der Waals surface area contributed by atoms with Gasteiger partial charge in [-0.1, -0.05) is 66.0 Å². The number of thioether (sulfide) groups is 2. The van der Waals surface area contributed by atoms with Crippen molar-refractivity contribution >= 4 is 40.8 Å². The van der Waals surface area contributed by atoms with Crippen molar-refractivity contribution in [1.29, 1.82) is 0 Å². The summed E-state index contributed by atoms with van der Waals surface area (Å²) in [6.07, 6.45) is 2.08. The number of carbonyl (C=O) groups excluding carboxylic acids is 2. The van der Waals surface area contributed by atoms with E-state index in [0.29, 0.717) is 20.9 Å². The van der Waals surface area contributed by atoms with Crippen LogP contribution in [0.3, 0.4) is 0 Å². The number of hydrazine groups is 1. The maximum atomic E-state index is 12.9. The first-order valence-corrected chi connectivity index (χ1v) is 9.84. The molecule has 0 saturated carbocycles. The van der Waals surface area contributed by atoms with Gasteiger partial charge in [0.25, 0.3) is 0 Å². The first-order chi connectivity index (χ1) is 12.6. The van der Waals surface area contributed by atoms with Gasteiger partial charge in [-0.15, -0.1) is 0 Å². The smallest absolute Gasteiger partial charge is 0.201 e. The lowest BCUT2D eigenvalue weighted by atomic mass is 9.94. The van der Waals surface area contributed by atoms with Crippen LogP contribution in [0.1, 0.15) is 27.6 Å². The van der Waals surface area contributed by atoms with Gasteiger partial charge in [-0.3, -0.25) is 14.6 Å². The standard InChI is InChI=1S/C20H14N2O2S2/c1-12-11-20(21-22(12)13-7-3-2-4-8-13)25-18-16(23)14-9-5-6-10-15(14)17(24)19(18)26-20/h2-11,21H,1H3. The third-order valence-electron chi connectivity index (χ3n) is 4.58. The molecule has 2 aromatic carbocycles. The molecule has 6 heteroatoms. The molecule has 0 radical (unpaired) electrons. The molecule has 0 saturated heterocycles. The van der Waals surface area contributed by atoms with Gasteiger partial charge in [0.1, 0.15) is 0 Å². The summed E-state index contributed by atoms with van der Waals surface area (Å²) in [7, 11) is 0. The monoisotopic (exact) mass is 378 g/mol. The molecule has 0 amide bonds. The van der Waals surface area contributed by atoms with Gasteiger partial charge in [-0.05, 0) is 25.1 Å². The minimum Gasteiger partial charge on any atom is -0.288 e. The Morgan fingerprint density at radius 2 is 1.38 bits per heavy atom. The van der Waals surface area contributed by atoms with Crippen molar-refractivity contribution in [3.63, 3.8) is 0 Å². The van der Waals surface area contributed by atoms with Gasteiger partial charge < -0.3 is 0 Å². The molecule has 1 N–H and O–H groups in total. The zero-order valence-corrected chi connectivity index (χ0v) is 15.5. The number of ketones is 2. The number of Topliss-reactive ketones (excluding diaryl/α,β-unsaturated/α-hetero) is 2. The van der Waals surface area contributed by atoms with Crippen LogP contribution in [-0.4, -0.2) is 15.8 Å². The minimum atomic E-state index is -0.571. The first-order valence-electron chi connectivity index (χ1n) is 8.21. The largest absolute Gasteiger partial charge is 0.288 e. The first kappa shape index (κ1) is 15.9. The Labute approximate surface area is 159 Å². The third kappa shape index (κ3) is 2.23. The molecule has 2 aliphatic heterocycles. The van der Waals surface area contributed by atoms with Gasteiger partial charge in [0.2, 0.25) is 11.6 Å². The lowest BCUT2D eigenvalue weighted by Crippen LogP contribution is -2.41. The number of nitrogens with one attached hydrogen (secondary N) is 1. The van der Waals surface area contributed by atoms with Gasteiger partial charge in [-0.25, -0.2) is 0 Å². The van der Waals surface area contributed by atoms with Crippen molar-refractivity contribution in [1.82, 2.24) is 5.43 Å². The summed E-state index contributed by atoms with van der Waals surface area (Å²) < 4.78 is -0.571. The van der Waals surface area contributed by atoms with Crippen molar-refractivity contribution in [2.24, 2.45) is 0 Å². The van der Waals surface area contributed by atoms with Crippen LogP contribution >= 0.6 is 23.5 Å². The second-order valence-electron chi connectivity index (χ2n) is 6.30. The third-order valence-corrected chi connectivity index (χ3v) is 7.42. The SMILES string of the molecule is CC1=CC2(NN1c1ccccc1)SC1=C(S2)C(=O)c2ccccc2C1=O. The summed E-state index contributed by atoms with van der Waals surface area (Å²) in [6, 6.07) is 17.0. The molecule has 26 heavy (non-hydrogen) atoms. The highest BCUT2D eigenvalue weighted by atomic mass is 32.2. The average Bonchev–Trinajstić information content (AvgIpc) is 3.20. The number of rotatable bonds is 1. The Kier molecular flexibility index (Phi) is 3.44. The Morgan fingerprint density at radius 3 is 1.96 bits per heavy atom. The van der Waals surface area contributed by atoms with Crippen LogP contribution in [0.4, 0.5) is 5.69 Å². The zero-order chi connectivity index (χ0) is 17.9. The number of hydrogen-bond acceptors (Lipinski definition) is 6. The molecule has 2 aromatic rings. The molecule has 128 valence electrons. The molecule has 0 fully saturated rings. The zero-order valence-electron chi connectivity index (χ0n) is 13.9. The van der Waals surface area contributed by atoms with Crippen LogP contribution in [0.15, 0.2) is 76.2 Å². The topological polar surface area (TPSA) is 49.4 Å². The lowest BCUT2D eigenvalue weighted by molar-refractivity contribution is 0.0988. The van der Waals surface area contributed by atoms with Gasteiger partial charge in [0.15, 0.2) is 4.20 Å². The fourth-order valence-corrected chi connectivity index (χ4v) is 6.44. The van der Waals surface area contributed by atoms with E-state index in [1.54, 1.807) is 24.3 Å². The van der Waals surface area contributed by atoms with Crippen molar-refractivity contribution in [3.8, 4) is 0 Å². The number of anilines is 1. The molecular formula is C20H14N2O2S2. The Bertz CT molecular complexity index is 980. The predicted molar refractivity (Wildman–Crippen MR) is 106 cm³/mol. The molecule has 2 heterocycles. The van der Waals surface area contributed by atoms with Gasteiger partial charge >= 0.3 is 0 Å². The molecule has 1 spiro atoms. The minimum absolute atomic E-state index is 0.0596. The summed E-state index contributed by atoms with van der Waals surface area (Å²) in [5.74, 6) is -0.119. The highest BCUT2D eigenvalue weighted by Crippen LogP contribution is 2.58. The van der Waals surface area contributed by atoms with Crippen molar-refractivity contribution in [2.45, 2.75) is 11.1 Å². The molecule has 0 aromatic heterocycles. The fraction of sp³-hybridized carbons (Fsp3) is 0.100. The summed E-state index contributed by atoms with van der Waals surface area (Å²) in [5.41, 5.74) is 6.53. The van der Waals surface area contributed by atoms with E-state index in [9.17, 15) is 9.59 Å². The van der Waals surface area contributed by atoms with Gasteiger partial charge in [-0.2, -0.15) is 5.43 Å². The molecule has 0 atom stereocenters. The number of benzene rings is 2. The number of fused-ring (bicyclic) bond motifs is 1. The summed E-state index contributed by atoms with van der Waals surface area (Å²) in [4.78, 5) is 26.9. The van der Waals surface area contributed by atoms with Crippen molar-refractivity contribution in [3.05, 3.63) is 87.3 Å².